The number of benzene rings is 1. The molecule has 1 rings (SSSR count). The van der Waals surface area contributed by atoms with E-state index in [0.29, 0.717) is 11.8 Å². The normalized spacial score (nSPS) is 16.8. The van der Waals surface area contributed by atoms with Gasteiger partial charge in [0.15, 0.2) is 0 Å². The third kappa shape index (κ3) is 5.03. The van der Waals surface area contributed by atoms with Crippen LogP contribution in [-0.4, -0.2) is 17.3 Å². The molecule has 0 bridgehead atoms. The number of hydrogen-bond acceptors (Lipinski definition) is 1. The van der Waals surface area contributed by atoms with Gasteiger partial charge >= 0.3 is 0 Å². The van der Waals surface area contributed by atoms with E-state index in [2.05, 4.69) is 33.0 Å². The Balaban J connectivity index is 2.96. The van der Waals surface area contributed by atoms with E-state index in [-0.39, 0.29) is 17.4 Å². The summed E-state index contributed by atoms with van der Waals surface area (Å²) in [5, 5.41) is 3.23. The Morgan fingerprint density at radius 2 is 1.90 bits per heavy atom. The lowest BCUT2D eigenvalue weighted by Crippen LogP contribution is -2.48. The number of amides is 1. The van der Waals surface area contributed by atoms with Crippen molar-refractivity contribution in [2.45, 2.75) is 58.4 Å². The van der Waals surface area contributed by atoms with Gasteiger partial charge in [0.25, 0.3) is 0 Å². The van der Waals surface area contributed by atoms with Gasteiger partial charge < -0.3 is 5.32 Å². The molecule has 1 aromatic carbocycles. The van der Waals surface area contributed by atoms with Gasteiger partial charge in [-0.05, 0) is 31.2 Å². The quantitative estimate of drug-likeness (QED) is 0.691. The minimum Gasteiger partial charge on any atom is -0.350 e. The van der Waals surface area contributed by atoms with Crippen molar-refractivity contribution >= 4 is 17.5 Å². The smallest absolute Gasteiger partial charge is 0.228 e. The minimum atomic E-state index is -0.223. The molecule has 1 amide bonds. The summed E-state index contributed by atoms with van der Waals surface area (Å²) in [6.45, 7) is 8.44. The first-order chi connectivity index (χ1) is 9.97. The summed E-state index contributed by atoms with van der Waals surface area (Å²) in [6, 6.07) is 10.1. The molecule has 118 valence electrons. The van der Waals surface area contributed by atoms with Crippen molar-refractivity contribution in [3.8, 4) is 0 Å². The molecule has 3 atom stereocenters. The summed E-state index contributed by atoms with van der Waals surface area (Å²) >= 11 is 5.88. The first-order valence-electron chi connectivity index (χ1n) is 7.90. The Morgan fingerprint density at radius 3 is 2.38 bits per heavy atom. The Bertz CT molecular complexity index is 434. The average Bonchev–Trinajstić information content (AvgIpc) is 2.48. The predicted octanol–water partition coefficient (Wildman–Crippen LogP) is 4.73. The second kappa shape index (κ2) is 8.43. The number of carbonyl (C=O) groups excluding carboxylic acids is 1. The molecule has 0 saturated carbocycles. The Kier molecular flexibility index (Phi) is 7.24. The number of hydrogen-bond donors (Lipinski definition) is 1. The lowest BCUT2D eigenvalue weighted by Gasteiger charge is -2.33. The van der Waals surface area contributed by atoms with E-state index in [1.54, 1.807) is 0 Å². The van der Waals surface area contributed by atoms with Crippen LogP contribution in [0.15, 0.2) is 30.3 Å². The standard InChI is InChI=1S/C18H28ClNO/c1-5-14(3)16(15-10-8-7-9-11-15)17(21)20-18(4,6-2)12-13-19/h7-11,14,16H,5-6,12-13H2,1-4H3,(H,20,21). The van der Waals surface area contributed by atoms with Crippen LogP contribution in [0.4, 0.5) is 0 Å². The van der Waals surface area contributed by atoms with Crippen LogP contribution >= 0.6 is 11.6 Å². The van der Waals surface area contributed by atoms with E-state index in [4.69, 9.17) is 11.6 Å². The number of carbonyl (C=O) groups is 1. The second-order valence-corrected chi connectivity index (χ2v) is 6.49. The fraction of sp³-hybridized carbons (Fsp3) is 0.611. The third-order valence-corrected chi connectivity index (χ3v) is 4.69. The minimum absolute atomic E-state index is 0.0996. The maximum absolute atomic E-state index is 12.8. The Hall–Kier alpha value is -1.02. The van der Waals surface area contributed by atoms with E-state index in [9.17, 15) is 4.79 Å². The van der Waals surface area contributed by atoms with Crippen molar-refractivity contribution in [1.82, 2.24) is 5.32 Å². The molecule has 21 heavy (non-hydrogen) atoms. The number of nitrogens with one attached hydrogen (secondary N) is 1. The molecule has 0 saturated heterocycles. The number of rotatable bonds is 8. The molecule has 0 heterocycles. The zero-order valence-corrected chi connectivity index (χ0v) is 14.4. The summed E-state index contributed by atoms with van der Waals surface area (Å²) < 4.78 is 0. The first kappa shape index (κ1) is 18.0. The molecule has 1 N–H and O–H groups in total. The van der Waals surface area contributed by atoms with Gasteiger partial charge in [0.05, 0.1) is 5.92 Å². The second-order valence-electron chi connectivity index (χ2n) is 6.12. The largest absolute Gasteiger partial charge is 0.350 e. The van der Waals surface area contributed by atoms with Crippen LogP contribution in [0.2, 0.25) is 0 Å². The van der Waals surface area contributed by atoms with Crippen LogP contribution in [0.25, 0.3) is 0 Å². The van der Waals surface area contributed by atoms with Crippen molar-refractivity contribution in [3.05, 3.63) is 35.9 Å². The Labute approximate surface area is 134 Å². The molecule has 0 aliphatic rings. The van der Waals surface area contributed by atoms with Crippen LogP contribution < -0.4 is 5.32 Å². The molecular formula is C18H28ClNO. The van der Waals surface area contributed by atoms with Crippen molar-refractivity contribution in [2.24, 2.45) is 5.92 Å². The van der Waals surface area contributed by atoms with Gasteiger partial charge in [-0.1, -0.05) is 57.5 Å². The van der Waals surface area contributed by atoms with E-state index >= 15 is 0 Å². The van der Waals surface area contributed by atoms with Gasteiger partial charge in [-0.25, -0.2) is 0 Å². The van der Waals surface area contributed by atoms with Crippen molar-refractivity contribution in [1.29, 1.82) is 0 Å². The summed E-state index contributed by atoms with van der Waals surface area (Å²) in [4.78, 5) is 12.8. The highest BCUT2D eigenvalue weighted by atomic mass is 35.5. The van der Waals surface area contributed by atoms with Gasteiger partial charge in [-0.15, -0.1) is 11.6 Å². The zero-order valence-electron chi connectivity index (χ0n) is 13.7. The molecular weight excluding hydrogens is 282 g/mol. The third-order valence-electron chi connectivity index (χ3n) is 4.51. The van der Waals surface area contributed by atoms with Crippen molar-refractivity contribution in [3.63, 3.8) is 0 Å². The van der Waals surface area contributed by atoms with E-state index in [1.807, 2.05) is 30.3 Å². The number of halogens is 1. The SMILES string of the molecule is CCC(C)C(C(=O)NC(C)(CC)CCCl)c1ccccc1. The van der Waals surface area contributed by atoms with Gasteiger partial charge in [0.2, 0.25) is 5.91 Å². The van der Waals surface area contributed by atoms with Gasteiger partial charge in [-0.3, -0.25) is 4.79 Å². The van der Waals surface area contributed by atoms with E-state index in [1.165, 1.54) is 0 Å². The van der Waals surface area contributed by atoms with Crippen LogP contribution in [0.3, 0.4) is 0 Å². The average molecular weight is 310 g/mol. The fourth-order valence-corrected chi connectivity index (χ4v) is 2.96. The van der Waals surface area contributed by atoms with Crippen LogP contribution in [0.1, 0.15) is 58.4 Å². The number of alkyl halides is 1. The first-order valence-corrected chi connectivity index (χ1v) is 8.43. The van der Waals surface area contributed by atoms with Crippen molar-refractivity contribution in [2.75, 3.05) is 5.88 Å². The topological polar surface area (TPSA) is 29.1 Å². The maximum atomic E-state index is 12.8. The molecule has 1 aromatic rings. The molecule has 2 nitrogen and oxygen atoms in total. The highest BCUT2D eigenvalue weighted by Gasteiger charge is 2.31. The lowest BCUT2D eigenvalue weighted by molar-refractivity contribution is -0.125. The molecule has 0 radical (unpaired) electrons. The van der Waals surface area contributed by atoms with Crippen LogP contribution in [-0.2, 0) is 4.79 Å². The highest BCUT2D eigenvalue weighted by Crippen LogP contribution is 2.28. The molecule has 0 aromatic heterocycles. The zero-order chi connectivity index (χ0) is 15.9. The highest BCUT2D eigenvalue weighted by molar-refractivity contribution is 6.17. The molecule has 0 spiro atoms. The fourth-order valence-electron chi connectivity index (χ4n) is 2.55. The predicted molar refractivity (Wildman–Crippen MR) is 90.8 cm³/mol. The summed E-state index contributed by atoms with van der Waals surface area (Å²) in [7, 11) is 0. The summed E-state index contributed by atoms with van der Waals surface area (Å²) in [5.41, 5.74) is 0.868. The van der Waals surface area contributed by atoms with Crippen LogP contribution in [0, 0.1) is 5.92 Å². The van der Waals surface area contributed by atoms with E-state index < -0.39 is 0 Å². The molecule has 3 unspecified atom stereocenters. The Morgan fingerprint density at radius 1 is 1.29 bits per heavy atom. The summed E-state index contributed by atoms with van der Waals surface area (Å²) in [6.07, 6.45) is 2.65. The van der Waals surface area contributed by atoms with Crippen LogP contribution in [0.5, 0.6) is 0 Å². The molecule has 0 aliphatic carbocycles. The van der Waals surface area contributed by atoms with Gasteiger partial charge in [0, 0.05) is 11.4 Å². The van der Waals surface area contributed by atoms with Gasteiger partial charge in [-0.2, -0.15) is 0 Å². The van der Waals surface area contributed by atoms with Crippen molar-refractivity contribution < 1.29 is 4.79 Å². The lowest BCUT2D eigenvalue weighted by atomic mass is 9.83. The summed E-state index contributed by atoms with van der Waals surface area (Å²) in [5.74, 6) is 0.885. The molecule has 0 aliphatic heterocycles. The molecule has 0 fully saturated rings. The van der Waals surface area contributed by atoms with Gasteiger partial charge in [0.1, 0.15) is 0 Å². The molecule has 3 heteroatoms. The maximum Gasteiger partial charge on any atom is 0.228 e. The van der Waals surface area contributed by atoms with E-state index in [0.717, 1.165) is 24.8 Å². The monoisotopic (exact) mass is 309 g/mol.